The van der Waals surface area contributed by atoms with Crippen LogP contribution in [0, 0.1) is 5.92 Å². The molecule has 0 radical (unpaired) electrons. The molecule has 2 rings (SSSR count). The molecule has 0 bridgehead atoms. The summed E-state index contributed by atoms with van der Waals surface area (Å²) < 4.78 is 0. The molecule has 1 saturated carbocycles. The van der Waals surface area contributed by atoms with Gasteiger partial charge in [0.1, 0.15) is 0 Å². The summed E-state index contributed by atoms with van der Waals surface area (Å²) in [5, 5.41) is 6.11. The molecule has 0 unspecified atom stereocenters. The first kappa shape index (κ1) is 18.5. The third-order valence-corrected chi connectivity index (χ3v) is 5.38. The molecule has 2 N–H and O–H groups in total. The van der Waals surface area contributed by atoms with Gasteiger partial charge in [0.2, 0.25) is 5.91 Å². The Morgan fingerprint density at radius 1 is 1.08 bits per heavy atom. The maximum atomic E-state index is 12.3. The summed E-state index contributed by atoms with van der Waals surface area (Å²) in [6.07, 6.45) is 6.16. The third kappa shape index (κ3) is 4.83. The van der Waals surface area contributed by atoms with Crippen molar-refractivity contribution in [2.75, 3.05) is 0 Å². The second kappa shape index (κ2) is 8.32. The van der Waals surface area contributed by atoms with Gasteiger partial charge in [-0.1, -0.05) is 38.8 Å². The summed E-state index contributed by atoms with van der Waals surface area (Å²) in [4.78, 5) is 24.4. The van der Waals surface area contributed by atoms with E-state index >= 15 is 0 Å². The molecule has 0 heterocycles. The van der Waals surface area contributed by atoms with Gasteiger partial charge < -0.3 is 10.6 Å². The Labute approximate surface area is 145 Å². The molecule has 1 aromatic rings. The van der Waals surface area contributed by atoms with Gasteiger partial charge in [-0.25, -0.2) is 0 Å². The third-order valence-electron chi connectivity index (χ3n) is 5.38. The van der Waals surface area contributed by atoms with E-state index in [1.807, 2.05) is 24.3 Å². The summed E-state index contributed by atoms with van der Waals surface area (Å²) in [5.41, 5.74) is 1.52. The molecular formula is C20H30N2O2. The monoisotopic (exact) mass is 330 g/mol. The Balaban J connectivity index is 1.88. The fraction of sp³-hybridized carbons (Fsp3) is 0.600. The van der Waals surface area contributed by atoms with E-state index in [4.69, 9.17) is 0 Å². The smallest absolute Gasteiger partial charge is 0.251 e. The highest BCUT2D eigenvalue weighted by molar-refractivity contribution is 5.94. The molecule has 0 atom stereocenters. The Morgan fingerprint density at radius 3 is 2.21 bits per heavy atom. The van der Waals surface area contributed by atoms with Crippen molar-refractivity contribution in [3.63, 3.8) is 0 Å². The number of carbonyl (C=O) groups excluding carboxylic acids is 2. The van der Waals surface area contributed by atoms with Gasteiger partial charge in [-0.3, -0.25) is 9.59 Å². The van der Waals surface area contributed by atoms with Gasteiger partial charge in [-0.2, -0.15) is 0 Å². The molecule has 0 spiro atoms. The SMILES string of the molecule is CCC(C)(CC)NC(=O)c1ccc(CNC(=O)C2CCCC2)cc1. The quantitative estimate of drug-likeness (QED) is 0.799. The van der Waals surface area contributed by atoms with Crippen molar-refractivity contribution in [3.8, 4) is 0 Å². The summed E-state index contributed by atoms with van der Waals surface area (Å²) in [7, 11) is 0. The van der Waals surface area contributed by atoms with E-state index in [1.54, 1.807) is 0 Å². The normalized spacial score (nSPS) is 15.3. The van der Waals surface area contributed by atoms with Gasteiger partial charge in [0, 0.05) is 23.6 Å². The van der Waals surface area contributed by atoms with Crippen LogP contribution >= 0.6 is 0 Å². The number of rotatable bonds is 7. The van der Waals surface area contributed by atoms with Gasteiger partial charge in [0.25, 0.3) is 5.91 Å². The van der Waals surface area contributed by atoms with Gasteiger partial charge in [-0.05, 0) is 50.3 Å². The first-order chi connectivity index (χ1) is 11.5. The number of nitrogens with one attached hydrogen (secondary N) is 2. The molecule has 0 aromatic heterocycles. The van der Waals surface area contributed by atoms with Crippen LogP contribution in [0.15, 0.2) is 24.3 Å². The van der Waals surface area contributed by atoms with E-state index in [9.17, 15) is 9.59 Å². The fourth-order valence-corrected chi connectivity index (χ4v) is 3.07. The topological polar surface area (TPSA) is 58.2 Å². The van der Waals surface area contributed by atoms with Crippen LogP contribution in [0.1, 0.15) is 75.2 Å². The van der Waals surface area contributed by atoms with Crippen LogP contribution in [0.3, 0.4) is 0 Å². The number of amides is 2. The van der Waals surface area contributed by atoms with E-state index in [1.165, 1.54) is 0 Å². The largest absolute Gasteiger partial charge is 0.352 e. The second-order valence-electron chi connectivity index (χ2n) is 7.12. The summed E-state index contributed by atoms with van der Waals surface area (Å²) in [5.74, 6) is 0.314. The standard InChI is InChI=1S/C20H30N2O2/c1-4-20(3,5-2)22-19(24)17-12-10-15(11-13-17)14-21-18(23)16-8-6-7-9-16/h10-13,16H,4-9,14H2,1-3H3,(H,21,23)(H,22,24). The van der Waals surface area contributed by atoms with E-state index < -0.39 is 0 Å². The summed E-state index contributed by atoms with van der Waals surface area (Å²) in [6, 6.07) is 7.49. The van der Waals surface area contributed by atoms with Crippen LogP contribution in [0.4, 0.5) is 0 Å². The molecule has 1 aliphatic carbocycles. The van der Waals surface area contributed by atoms with Crippen LogP contribution in [-0.2, 0) is 11.3 Å². The molecule has 2 amide bonds. The van der Waals surface area contributed by atoms with Crippen molar-refractivity contribution >= 4 is 11.8 Å². The van der Waals surface area contributed by atoms with Crippen LogP contribution < -0.4 is 10.6 Å². The highest BCUT2D eigenvalue weighted by Crippen LogP contribution is 2.24. The summed E-state index contributed by atoms with van der Waals surface area (Å²) in [6.45, 7) is 6.76. The average Bonchev–Trinajstić information content (AvgIpc) is 3.14. The van der Waals surface area contributed by atoms with Crippen molar-refractivity contribution in [2.24, 2.45) is 5.92 Å². The molecular weight excluding hydrogens is 300 g/mol. The molecule has 1 aromatic carbocycles. The molecule has 4 heteroatoms. The molecule has 4 nitrogen and oxygen atoms in total. The van der Waals surface area contributed by atoms with E-state index in [-0.39, 0.29) is 23.3 Å². The minimum atomic E-state index is -0.162. The maximum absolute atomic E-state index is 12.3. The predicted molar refractivity (Wildman–Crippen MR) is 96.7 cm³/mol. The van der Waals surface area contributed by atoms with Crippen molar-refractivity contribution in [1.29, 1.82) is 0 Å². The number of hydrogen-bond donors (Lipinski definition) is 2. The van der Waals surface area contributed by atoms with Gasteiger partial charge in [0.15, 0.2) is 0 Å². The lowest BCUT2D eigenvalue weighted by Gasteiger charge is -2.28. The Bertz CT molecular complexity index is 556. The Hall–Kier alpha value is -1.84. The molecule has 24 heavy (non-hydrogen) atoms. The molecule has 0 saturated heterocycles. The first-order valence-corrected chi connectivity index (χ1v) is 9.16. The van der Waals surface area contributed by atoms with Gasteiger partial charge >= 0.3 is 0 Å². The Morgan fingerprint density at radius 2 is 1.67 bits per heavy atom. The molecule has 1 aliphatic rings. The number of benzene rings is 1. The minimum absolute atomic E-state index is 0.0391. The van der Waals surface area contributed by atoms with Gasteiger partial charge in [0.05, 0.1) is 0 Å². The lowest BCUT2D eigenvalue weighted by atomic mass is 9.95. The number of carbonyl (C=O) groups is 2. The van der Waals surface area contributed by atoms with Crippen molar-refractivity contribution < 1.29 is 9.59 Å². The zero-order valence-corrected chi connectivity index (χ0v) is 15.2. The van der Waals surface area contributed by atoms with Crippen molar-refractivity contribution in [3.05, 3.63) is 35.4 Å². The second-order valence-corrected chi connectivity index (χ2v) is 7.12. The van der Waals surface area contributed by atoms with E-state index in [0.29, 0.717) is 12.1 Å². The van der Waals surface area contributed by atoms with Crippen LogP contribution in [0.2, 0.25) is 0 Å². The molecule has 0 aliphatic heterocycles. The zero-order valence-electron chi connectivity index (χ0n) is 15.2. The van der Waals surface area contributed by atoms with Crippen LogP contribution in [-0.4, -0.2) is 17.4 Å². The predicted octanol–water partition coefficient (Wildman–Crippen LogP) is 3.80. The lowest BCUT2D eigenvalue weighted by molar-refractivity contribution is -0.124. The molecule has 132 valence electrons. The Kier molecular flexibility index (Phi) is 6.41. The highest BCUT2D eigenvalue weighted by Gasteiger charge is 2.23. The van der Waals surface area contributed by atoms with Gasteiger partial charge in [-0.15, -0.1) is 0 Å². The van der Waals surface area contributed by atoms with Crippen molar-refractivity contribution in [2.45, 2.75) is 71.4 Å². The maximum Gasteiger partial charge on any atom is 0.251 e. The molecule has 1 fully saturated rings. The van der Waals surface area contributed by atoms with E-state index in [0.717, 1.165) is 44.1 Å². The van der Waals surface area contributed by atoms with Crippen LogP contribution in [0.5, 0.6) is 0 Å². The average molecular weight is 330 g/mol. The minimum Gasteiger partial charge on any atom is -0.352 e. The summed E-state index contributed by atoms with van der Waals surface area (Å²) >= 11 is 0. The highest BCUT2D eigenvalue weighted by atomic mass is 16.2. The fourth-order valence-electron chi connectivity index (χ4n) is 3.07. The van der Waals surface area contributed by atoms with Crippen LogP contribution in [0.25, 0.3) is 0 Å². The first-order valence-electron chi connectivity index (χ1n) is 9.16. The zero-order chi connectivity index (χ0) is 17.6. The van der Waals surface area contributed by atoms with E-state index in [2.05, 4.69) is 31.4 Å². The number of hydrogen-bond acceptors (Lipinski definition) is 2. The van der Waals surface area contributed by atoms with Crippen molar-refractivity contribution in [1.82, 2.24) is 10.6 Å². The lowest BCUT2D eigenvalue weighted by Crippen LogP contribution is -2.44.